The first-order chi connectivity index (χ1) is 17.2. The second kappa shape index (κ2) is 10.9. The van der Waals surface area contributed by atoms with E-state index in [-0.39, 0.29) is 6.04 Å². The first-order valence-electron chi connectivity index (χ1n) is 12.8. The van der Waals surface area contributed by atoms with E-state index >= 15 is 0 Å². The molecule has 2 N–H and O–H groups in total. The molecule has 1 saturated heterocycles. The third kappa shape index (κ3) is 5.51. The normalized spacial score (nSPS) is 19.8. The highest BCUT2D eigenvalue weighted by Crippen LogP contribution is 2.38. The predicted octanol–water partition coefficient (Wildman–Crippen LogP) is 6.39. The number of anilines is 4. The Bertz CT molecular complexity index is 1170. The standard InChI is InChI=1S/C28H38ClN7/c1-17(2)36-21(6)22(9-8-20(5)30-7)12-23-13-24(14-31-27(23)36)33-26-25(29)15-32-28(34-26)35-11-10-18(3)19(4)16-35/h12-15,17-19,30H,5-6,8-11,16H2,1-4,7H3,(H,32,33,34). The summed E-state index contributed by atoms with van der Waals surface area (Å²) in [6, 6.07) is 2.33. The Morgan fingerprint density at radius 1 is 1.22 bits per heavy atom. The number of hydrogen-bond acceptors (Lipinski definition) is 7. The van der Waals surface area contributed by atoms with Crippen LogP contribution in [0, 0.1) is 11.8 Å². The van der Waals surface area contributed by atoms with Crippen LogP contribution in [-0.2, 0) is 0 Å². The Hall–Kier alpha value is -3.06. The molecule has 7 nitrogen and oxygen atoms in total. The smallest absolute Gasteiger partial charge is 0.227 e. The largest absolute Gasteiger partial charge is 0.392 e. The minimum Gasteiger partial charge on any atom is -0.392 e. The van der Waals surface area contributed by atoms with Gasteiger partial charge in [0.05, 0.1) is 18.1 Å². The quantitative estimate of drug-likeness (QED) is 0.429. The average molecular weight is 508 g/mol. The molecule has 2 aromatic heterocycles. The number of hydrogen-bond donors (Lipinski definition) is 2. The van der Waals surface area contributed by atoms with Crippen LogP contribution in [0.4, 0.5) is 23.3 Å². The van der Waals surface area contributed by atoms with Crippen LogP contribution in [-0.4, -0.2) is 41.1 Å². The van der Waals surface area contributed by atoms with Gasteiger partial charge in [-0.1, -0.05) is 38.6 Å². The Balaban J connectivity index is 1.61. The first kappa shape index (κ1) is 26.0. The summed E-state index contributed by atoms with van der Waals surface area (Å²) >= 11 is 6.50. The fourth-order valence-electron chi connectivity index (χ4n) is 4.77. The maximum Gasteiger partial charge on any atom is 0.227 e. The van der Waals surface area contributed by atoms with Gasteiger partial charge in [0.2, 0.25) is 5.95 Å². The summed E-state index contributed by atoms with van der Waals surface area (Å²) in [7, 11) is 1.90. The van der Waals surface area contributed by atoms with Crippen LogP contribution < -0.4 is 20.4 Å². The number of halogens is 1. The van der Waals surface area contributed by atoms with Gasteiger partial charge in [0.15, 0.2) is 5.82 Å². The molecule has 2 aliphatic heterocycles. The van der Waals surface area contributed by atoms with Gasteiger partial charge in [-0.25, -0.2) is 9.97 Å². The highest BCUT2D eigenvalue weighted by atomic mass is 35.5. The van der Waals surface area contributed by atoms with Crippen molar-refractivity contribution in [3.05, 3.63) is 59.2 Å². The molecule has 2 atom stereocenters. The van der Waals surface area contributed by atoms with Crippen molar-refractivity contribution >= 4 is 40.9 Å². The maximum absolute atomic E-state index is 6.50. The number of rotatable bonds is 8. The highest BCUT2D eigenvalue weighted by Gasteiger charge is 2.27. The Morgan fingerprint density at radius 3 is 2.69 bits per heavy atom. The lowest BCUT2D eigenvalue weighted by Gasteiger charge is -2.36. The van der Waals surface area contributed by atoms with Crippen molar-refractivity contribution in [2.45, 2.75) is 53.0 Å². The van der Waals surface area contributed by atoms with Crippen molar-refractivity contribution in [3.8, 4) is 0 Å². The minimum absolute atomic E-state index is 0.229. The summed E-state index contributed by atoms with van der Waals surface area (Å²) in [5, 5.41) is 7.00. The topological polar surface area (TPSA) is 69.2 Å². The van der Waals surface area contributed by atoms with Crippen molar-refractivity contribution in [1.82, 2.24) is 20.3 Å². The van der Waals surface area contributed by atoms with Crippen molar-refractivity contribution in [2.75, 3.05) is 35.3 Å². The zero-order valence-electron chi connectivity index (χ0n) is 22.1. The number of nitrogens with zero attached hydrogens (tertiary/aromatic N) is 5. The molecule has 2 unspecified atom stereocenters. The van der Waals surface area contributed by atoms with Crippen LogP contribution in [0.15, 0.2) is 48.6 Å². The fraction of sp³-hybridized carbons (Fsp3) is 0.464. The molecule has 0 bridgehead atoms. The van der Waals surface area contributed by atoms with Crippen molar-refractivity contribution in [1.29, 1.82) is 0 Å². The monoisotopic (exact) mass is 507 g/mol. The molecule has 8 heteroatoms. The molecule has 0 aromatic carbocycles. The van der Waals surface area contributed by atoms with Crippen LogP contribution in [0.25, 0.3) is 6.08 Å². The van der Waals surface area contributed by atoms with Crippen molar-refractivity contribution < 1.29 is 0 Å². The van der Waals surface area contributed by atoms with Gasteiger partial charge in [-0.05, 0) is 62.7 Å². The molecule has 0 spiro atoms. The molecule has 36 heavy (non-hydrogen) atoms. The van der Waals surface area contributed by atoms with Gasteiger partial charge in [-0.2, -0.15) is 4.98 Å². The highest BCUT2D eigenvalue weighted by molar-refractivity contribution is 6.32. The number of aromatic nitrogens is 3. The second-order valence-electron chi connectivity index (χ2n) is 10.3. The lowest BCUT2D eigenvalue weighted by atomic mass is 9.89. The number of allylic oxidation sites excluding steroid dienone is 2. The van der Waals surface area contributed by atoms with Gasteiger partial charge < -0.3 is 20.4 Å². The molecule has 4 heterocycles. The molecule has 1 fully saturated rings. The number of pyridine rings is 1. The van der Waals surface area contributed by atoms with E-state index in [1.54, 1.807) is 6.20 Å². The lowest BCUT2D eigenvalue weighted by Crippen LogP contribution is -2.39. The van der Waals surface area contributed by atoms with Crippen molar-refractivity contribution in [3.63, 3.8) is 0 Å². The van der Waals surface area contributed by atoms with E-state index < -0.39 is 0 Å². The molecule has 0 saturated carbocycles. The predicted molar refractivity (Wildman–Crippen MR) is 152 cm³/mol. The Labute approximate surface area is 220 Å². The van der Waals surface area contributed by atoms with Crippen LogP contribution >= 0.6 is 11.6 Å². The second-order valence-corrected chi connectivity index (χ2v) is 10.7. The molecule has 2 aromatic rings. The van der Waals surface area contributed by atoms with E-state index in [1.807, 2.05) is 13.2 Å². The number of nitrogens with one attached hydrogen (secondary N) is 2. The fourth-order valence-corrected chi connectivity index (χ4v) is 4.90. The van der Waals surface area contributed by atoms with E-state index in [0.29, 0.717) is 28.6 Å². The third-order valence-electron chi connectivity index (χ3n) is 7.29. The molecule has 0 aliphatic carbocycles. The molecular weight excluding hydrogens is 470 g/mol. The molecule has 2 aliphatic rings. The van der Waals surface area contributed by atoms with Gasteiger partial charge in [-0.15, -0.1) is 0 Å². The first-order valence-corrected chi connectivity index (χ1v) is 13.1. The van der Waals surface area contributed by atoms with E-state index in [1.165, 1.54) is 5.57 Å². The molecule has 4 rings (SSSR count). The zero-order chi connectivity index (χ0) is 26.0. The molecule has 192 valence electrons. The van der Waals surface area contributed by atoms with Gasteiger partial charge in [0.25, 0.3) is 0 Å². The lowest BCUT2D eigenvalue weighted by molar-refractivity contribution is 0.321. The van der Waals surface area contributed by atoms with Crippen LogP contribution in [0.5, 0.6) is 0 Å². The summed E-state index contributed by atoms with van der Waals surface area (Å²) in [6.07, 6.45) is 8.53. The number of fused-ring (bicyclic) bond motifs is 1. The van der Waals surface area contributed by atoms with Gasteiger partial charge in [0.1, 0.15) is 10.8 Å². The molecule has 0 radical (unpaired) electrons. The Kier molecular flexibility index (Phi) is 7.88. The summed E-state index contributed by atoms with van der Waals surface area (Å²) in [5.41, 5.74) is 5.04. The van der Waals surface area contributed by atoms with Crippen LogP contribution in [0.1, 0.15) is 52.5 Å². The van der Waals surface area contributed by atoms with E-state index in [0.717, 1.165) is 60.8 Å². The van der Waals surface area contributed by atoms with Crippen LogP contribution in [0.3, 0.4) is 0 Å². The molecular formula is C28H38ClN7. The van der Waals surface area contributed by atoms with E-state index in [2.05, 4.69) is 78.4 Å². The summed E-state index contributed by atoms with van der Waals surface area (Å²) < 4.78 is 0. The van der Waals surface area contributed by atoms with Gasteiger partial charge in [0, 0.05) is 43.1 Å². The minimum atomic E-state index is 0.229. The summed E-state index contributed by atoms with van der Waals surface area (Å²) in [6.45, 7) is 19.3. The van der Waals surface area contributed by atoms with E-state index in [4.69, 9.17) is 21.6 Å². The SMILES string of the molecule is C=C(CCC1=Cc2cc(Nc3nc(N4CCC(C)C(C)C4)ncc3Cl)cnc2N(C(C)C)C1=C)NC. The van der Waals surface area contributed by atoms with E-state index in [9.17, 15) is 0 Å². The van der Waals surface area contributed by atoms with Gasteiger partial charge in [-0.3, -0.25) is 0 Å². The maximum atomic E-state index is 6.50. The van der Waals surface area contributed by atoms with Crippen molar-refractivity contribution in [2.24, 2.45) is 11.8 Å². The van der Waals surface area contributed by atoms with Gasteiger partial charge >= 0.3 is 0 Å². The number of piperidine rings is 1. The van der Waals surface area contributed by atoms with Crippen LogP contribution in [0.2, 0.25) is 5.02 Å². The molecule has 0 amide bonds. The summed E-state index contributed by atoms with van der Waals surface area (Å²) in [4.78, 5) is 18.5. The Morgan fingerprint density at radius 2 is 2.00 bits per heavy atom. The average Bonchev–Trinajstić information content (AvgIpc) is 2.85. The zero-order valence-corrected chi connectivity index (χ0v) is 22.9. The third-order valence-corrected chi connectivity index (χ3v) is 7.57. The summed E-state index contributed by atoms with van der Waals surface area (Å²) in [5.74, 6) is 3.52.